The minimum absolute atomic E-state index is 0.273. The van der Waals surface area contributed by atoms with Crippen molar-refractivity contribution in [2.24, 2.45) is 10.2 Å². The zero-order valence-electron chi connectivity index (χ0n) is 19.5. The number of aromatic nitrogens is 2. The highest BCUT2D eigenvalue weighted by Crippen LogP contribution is 2.21. The summed E-state index contributed by atoms with van der Waals surface area (Å²) in [5, 5.41) is 13.8. The number of benzene rings is 3. The molecule has 0 fully saturated rings. The third-order valence-electron chi connectivity index (χ3n) is 5.39. The summed E-state index contributed by atoms with van der Waals surface area (Å²) in [6.45, 7) is 0. The van der Waals surface area contributed by atoms with Gasteiger partial charge in [0.1, 0.15) is 28.5 Å². The molecule has 0 bridgehead atoms. The molecule has 9 nitrogen and oxygen atoms in total. The predicted molar refractivity (Wildman–Crippen MR) is 147 cm³/mol. The first-order chi connectivity index (χ1) is 18.3. The number of hydrogen-bond acceptors (Lipinski definition) is 9. The smallest absolute Gasteiger partial charge is 0.247 e. The van der Waals surface area contributed by atoms with Gasteiger partial charge in [-0.1, -0.05) is 54.6 Å². The van der Waals surface area contributed by atoms with E-state index in [1.54, 1.807) is 18.5 Å². The fourth-order valence-corrected chi connectivity index (χ4v) is 3.74. The first-order valence-corrected chi connectivity index (χ1v) is 11.5. The molecule has 9 heteroatoms. The molecule has 0 aliphatic rings. The molecule has 180 valence electrons. The fourth-order valence-electron chi connectivity index (χ4n) is 3.74. The van der Waals surface area contributed by atoms with Crippen LogP contribution in [0, 0.1) is 0 Å². The van der Waals surface area contributed by atoms with Crippen LogP contribution < -0.4 is 16.2 Å². The van der Waals surface area contributed by atoms with E-state index < -0.39 is 0 Å². The van der Waals surface area contributed by atoms with E-state index in [9.17, 15) is 0 Å². The van der Waals surface area contributed by atoms with E-state index in [2.05, 4.69) is 36.3 Å². The van der Waals surface area contributed by atoms with Crippen molar-refractivity contribution < 1.29 is 8.83 Å². The highest BCUT2D eigenvalue weighted by molar-refractivity contribution is 5.88. The van der Waals surface area contributed by atoms with Gasteiger partial charge in [0, 0.05) is 22.5 Å². The van der Waals surface area contributed by atoms with E-state index in [0.29, 0.717) is 23.2 Å². The summed E-state index contributed by atoms with van der Waals surface area (Å²) in [5.74, 6) is 2.53. The second kappa shape index (κ2) is 10.0. The molecule has 0 saturated carbocycles. The van der Waals surface area contributed by atoms with Crippen molar-refractivity contribution in [3.05, 3.63) is 109 Å². The lowest BCUT2D eigenvalue weighted by Gasteiger charge is -2.09. The first kappa shape index (κ1) is 22.1. The topological polar surface area (TPSA) is 113 Å². The molecule has 6 aromatic rings. The van der Waals surface area contributed by atoms with Crippen LogP contribution in [-0.2, 0) is 0 Å². The minimum Gasteiger partial charge on any atom is -0.455 e. The summed E-state index contributed by atoms with van der Waals surface area (Å²) in [6.07, 6.45) is 3.17. The number of para-hydroxylation sites is 3. The van der Waals surface area contributed by atoms with Crippen molar-refractivity contribution in [3.8, 4) is 0 Å². The third-order valence-corrected chi connectivity index (χ3v) is 5.39. The molecule has 6 rings (SSSR count). The van der Waals surface area contributed by atoms with Crippen LogP contribution >= 0.6 is 0 Å². The van der Waals surface area contributed by atoms with Crippen LogP contribution in [0.25, 0.3) is 21.9 Å². The molecule has 0 aliphatic heterocycles. The second-order valence-electron chi connectivity index (χ2n) is 8.07. The van der Waals surface area contributed by atoms with Gasteiger partial charge in [-0.05, 0) is 36.4 Å². The van der Waals surface area contributed by atoms with Crippen molar-refractivity contribution in [2.45, 2.75) is 0 Å². The molecule has 37 heavy (non-hydrogen) atoms. The highest BCUT2D eigenvalue weighted by Gasteiger charge is 2.06. The van der Waals surface area contributed by atoms with Crippen LogP contribution in [0.3, 0.4) is 0 Å². The maximum absolute atomic E-state index is 5.77. The van der Waals surface area contributed by atoms with Gasteiger partial charge in [0.15, 0.2) is 5.82 Å². The maximum atomic E-state index is 5.77. The van der Waals surface area contributed by atoms with Crippen LogP contribution in [0.4, 0.5) is 23.3 Å². The lowest BCUT2D eigenvalue weighted by Crippen LogP contribution is -2.04. The van der Waals surface area contributed by atoms with Gasteiger partial charge in [-0.3, -0.25) is 5.43 Å². The third kappa shape index (κ3) is 5.30. The molecule has 3 heterocycles. The summed E-state index contributed by atoms with van der Waals surface area (Å²) >= 11 is 0. The van der Waals surface area contributed by atoms with E-state index in [0.717, 1.165) is 27.6 Å². The molecule has 0 unspecified atom stereocenters. The SMILES string of the molecule is C(=NNc1cc(Nc2ccccc2)nc(NN=Cc2cc3ccccc3o2)n1)c1cc2ccccc2o1. The van der Waals surface area contributed by atoms with Crippen LogP contribution in [0.15, 0.2) is 116 Å². The maximum Gasteiger partial charge on any atom is 0.247 e. The summed E-state index contributed by atoms with van der Waals surface area (Å²) < 4.78 is 11.5. The van der Waals surface area contributed by atoms with E-state index in [4.69, 9.17) is 8.83 Å². The number of rotatable bonds is 8. The molecule has 0 saturated heterocycles. The number of fused-ring (bicyclic) bond motifs is 2. The number of hydrogen-bond donors (Lipinski definition) is 3. The Kier molecular flexibility index (Phi) is 5.99. The number of nitrogens with one attached hydrogen (secondary N) is 3. The van der Waals surface area contributed by atoms with Gasteiger partial charge in [-0.25, -0.2) is 5.43 Å². The molecule has 0 aliphatic carbocycles. The minimum atomic E-state index is 0.273. The Morgan fingerprint density at radius 2 is 1.16 bits per heavy atom. The average Bonchev–Trinajstić information content (AvgIpc) is 3.52. The molecule has 3 aromatic carbocycles. The molecule has 3 N–H and O–H groups in total. The van der Waals surface area contributed by atoms with Gasteiger partial charge >= 0.3 is 0 Å². The summed E-state index contributed by atoms with van der Waals surface area (Å²) in [5.41, 5.74) is 8.28. The van der Waals surface area contributed by atoms with Gasteiger partial charge < -0.3 is 14.2 Å². The molecule has 0 spiro atoms. The number of hydrazone groups is 2. The van der Waals surface area contributed by atoms with Crippen LogP contribution in [0.1, 0.15) is 11.5 Å². The number of nitrogens with zero attached hydrogens (tertiary/aromatic N) is 4. The van der Waals surface area contributed by atoms with Gasteiger partial charge in [0.05, 0.1) is 12.4 Å². The van der Waals surface area contributed by atoms with Crippen molar-refractivity contribution in [3.63, 3.8) is 0 Å². The largest absolute Gasteiger partial charge is 0.455 e. The lowest BCUT2D eigenvalue weighted by molar-refractivity contribution is 0.607. The molecule has 3 aromatic heterocycles. The van der Waals surface area contributed by atoms with E-state index in [1.165, 1.54) is 0 Å². The van der Waals surface area contributed by atoms with Crippen LogP contribution in [0.5, 0.6) is 0 Å². The Bertz CT molecular complexity index is 1550. The normalized spacial score (nSPS) is 11.6. The summed E-state index contributed by atoms with van der Waals surface area (Å²) in [4.78, 5) is 8.97. The molecule has 0 atom stereocenters. The summed E-state index contributed by atoms with van der Waals surface area (Å²) in [6, 6.07) is 30.9. The molecular weight excluding hydrogens is 466 g/mol. The predicted octanol–water partition coefficient (Wildman–Crippen LogP) is 6.60. The average molecular weight is 488 g/mol. The lowest BCUT2D eigenvalue weighted by atomic mass is 10.2. The monoisotopic (exact) mass is 487 g/mol. The van der Waals surface area contributed by atoms with E-state index >= 15 is 0 Å². The van der Waals surface area contributed by atoms with Gasteiger partial charge in [-0.15, -0.1) is 0 Å². The number of furan rings is 2. The zero-order chi connectivity index (χ0) is 24.9. The first-order valence-electron chi connectivity index (χ1n) is 11.5. The standard InChI is InChI=1S/C28H21N7O2/c1-2-10-21(11-3-1)31-26-16-27(34-29-17-22-14-19-8-4-6-12-24(19)36-22)33-28(32-26)35-30-18-23-15-20-9-5-7-13-25(20)37-23/h1-18H,(H3,31,32,33,34,35). The van der Waals surface area contributed by atoms with Gasteiger partial charge in [0.2, 0.25) is 5.95 Å². The molecular formula is C28H21N7O2. The van der Waals surface area contributed by atoms with Crippen LogP contribution in [-0.4, -0.2) is 22.4 Å². The quantitative estimate of drug-likeness (QED) is 0.164. The molecule has 0 radical (unpaired) electrons. The Labute approximate surface area is 211 Å². The van der Waals surface area contributed by atoms with Crippen molar-refractivity contribution >= 4 is 57.6 Å². The van der Waals surface area contributed by atoms with E-state index in [1.807, 2.05) is 91.0 Å². The van der Waals surface area contributed by atoms with Gasteiger partial charge in [-0.2, -0.15) is 20.2 Å². The summed E-state index contributed by atoms with van der Waals surface area (Å²) in [7, 11) is 0. The molecule has 0 amide bonds. The van der Waals surface area contributed by atoms with Gasteiger partial charge in [0.25, 0.3) is 0 Å². The Hall–Kier alpha value is -5.44. The highest BCUT2D eigenvalue weighted by atomic mass is 16.3. The number of anilines is 4. The van der Waals surface area contributed by atoms with Crippen molar-refractivity contribution in [1.82, 2.24) is 9.97 Å². The van der Waals surface area contributed by atoms with E-state index in [-0.39, 0.29) is 5.95 Å². The van der Waals surface area contributed by atoms with Crippen LogP contribution in [0.2, 0.25) is 0 Å². The zero-order valence-corrected chi connectivity index (χ0v) is 19.5. The van der Waals surface area contributed by atoms with Crippen molar-refractivity contribution in [1.29, 1.82) is 0 Å². The second-order valence-corrected chi connectivity index (χ2v) is 8.07. The Balaban J connectivity index is 1.22. The Morgan fingerprint density at radius 1 is 0.595 bits per heavy atom. The fraction of sp³-hybridized carbons (Fsp3) is 0. The van der Waals surface area contributed by atoms with Crippen molar-refractivity contribution in [2.75, 3.05) is 16.2 Å². The Morgan fingerprint density at radius 3 is 1.81 bits per heavy atom.